The molecule has 1 aromatic carbocycles. The number of nitrogens with one attached hydrogen (secondary N) is 2. The van der Waals surface area contributed by atoms with Gasteiger partial charge in [-0.25, -0.2) is 0 Å². The van der Waals surface area contributed by atoms with Crippen molar-refractivity contribution in [1.82, 2.24) is 15.5 Å². The van der Waals surface area contributed by atoms with E-state index in [2.05, 4.69) is 29.5 Å². The molecule has 0 spiro atoms. The number of amides is 2. The van der Waals surface area contributed by atoms with Crippen LogP contribution in [0.4, 0.5) is 0 Å². The molecular weight excluding hydrogens is 314 g/mol. The highest BCUT2D eigenvalue weighted by atomic mass is 16.2. The first-order valence-corrected chi connectivity index (χ1v) is 9.21. The van der Waals surface area contributed by atoms with Gasteiger partial charge in [0.2, 0.25) is 11.8 Å². The van der Waals surface area contributed by atoms with Gasteiger partial charge in [0.25, 0.3) is 0 Å². The molecule has 0 saturated heterocycles. The SMILES string of the molecule is CC(C)[C@H](NC(=O)Cc1ccccc1)C(=O)NC[C@H](C)N(C)C1CC1. The lowest BCUT2D eigenvalue weighted by molar-refractivity contribution is -0.129. The van der Waals surface area contributed by atoms with E-state index in [0.717, 1.165) is 5.56 Å². The molecule has 1 aliphatic rings. The minimum atomic E-state index is -0.505. The molecule has 2 N–H and O–H groups in total. The fourth-order valence-corrected chi connectivity index (χ4v) is 2.88. The molecule has 2 rings (SSSR count). The van der Waals surface area contributed by atoms with Gasteiger partial charge < -0.3 is 10.6 Å². The van der Waals surface area contributed by atoms with E-state index in [1.54, 1.807) is 0 Å². The standard InChI is InChI=1S/C20H31N3O2/c1-14(2)19(22-18(24)12-16-8-6-5-7-9-16)20(25)21-13-15(3)23(4)17-10-11-17/h5-9,14-15,17,19H,10-13H2,1-4H3,(H,21,25)(H,22,24)/t15-,19-/m0/s1. The topological polar surface area (TPSA) is 61.4 Å². The first-order chi connectivity index (χ1) is 11.9. The maximum atomic E-state index is 12.5. The summed E-state index contributed by atoms with van der Waals surface area (Å²) in [6.45, 7) is 6.63. The summed E-state index contributed by atoms with van der Waals surface area (Å²) in [5.41, 5.74) is 0.947. The van der Waals surface area contributed by atoms with Crippen LogP contribution in [0.15, 0.2) is 30.3 Å². The first kappa shape index (κ1) is 19.4. The van der Waals surface area contributed by atoms with Crippen LogP contribution in [0.3, 0.4) is 0 Å². The second-order valence-electron chi connectivity index (χ2n) is 7.44. The molecule has 0 heterocycles. The van der Waals surface area contributed by atoms with Crippen molar-refractivity contribution >= 4 is 11.8 Å². The van der Waals surface area contributed by atoms with Crippen molar-refractivity contribution in [2.45, 2.75) is 58.2 Å². The smallest absolute Gasteiger partial charge is 0.242 e. The number of nitrogens with zero attached hydrogens (tertiary/aromatic N) is 1. The number of rotatable bonds is 9. The van der Waals surface area contributed by atoms with E-state index >= 15 is 0 Å². The molecule has 0 aromatic heterocycles. The van der Waals surface area contributed by atoms with Crippen LogP contribution in [-0.2, 0) is 16.0 Å². The molecule has 2 atom stereocenters. The lowest BCUT2D eigenvalue weighted by Crippen LogP contribution is -2.52. The van der Waals surface area contributed by atoms with Gasteiger partial charge in [0.1, 0.15) is 6.04 Å². The molecule has 0 bridgehead atoms. The van der Waals surface area contributed by atoms with Crippen LogP contribution in [0.5, 0.6) is 0 Å². The van der Waals surface area contributed by atoms with E-state index < -0.39 is 6.04 Å². The highest BCUT2D eigenvalue weighted by molar-refractivity contribution is 5.88. The summed E-state index contributed by atoms with van der Waals surface area (Å²) in [6.07, 6.45) is 2.79. The molecule has 138 valence electrons. The summed E-state index contributed by atoms with van der Waals surface area (Å²) in [5, 5.41) is 5.89. The maximum absolute atomic E-state index is 12.5. The summed E-state index contributed by atoms with van der Waals surface area (Å²) in [4.78, 5) is 27.1. The van der Waals surface area contributed by atoms with E-state index in [-0.39, 0.29) is 24.2 Å². The number of hydrogen-bond donors (Lipinski definition) is 2. The minimum Gasteiger partial charge on any atom is -0.353 e. The summed E-state index contributed by atoms with van der Waals surface area (Å²) in [6, 6.07) is 10.0. The van der Waals surface area contributed by atoms with Crippen LogP contribution in [0.1, 0.15) is 39.2 Å². The Bertz CT molecular complexity index is 570. The predicted molar refractivity (Wildman–Crippen MR) is 100 cm³/mol. The third-order valence-corrected chi connectivity index (χ3v) is 4.86. The molecule has 2 amide bonds. The number of carbonyl (C=O) groups excluding carboxylic acids is 2. The van der Waals surface area contributed by atoms with Crippen molar-refractivity contribution in [1.29, 1.82) is 0 Å². The van der Waals surface area contributed by atoms with Crippen LogP contribution >= 0.6 is 0 Å². The number of carbonyl (C=O) groups is 2. The van der Waals surface area contributed by atoms with Crippen LogP contribution in [0.25, 0.3) is 0 Å². The van der Waals surface area contributed by atoms with E-state index in [1.165, 1.54) is 12.8 Å². The molecule has 25 heavy (non-hydrogen) atoms. The number of benzene rings is 1. The minimum absolute atomic E-state index is 0.0381. The van der Waals surface area contributed by atoms with Crippen molar-refractivity contribution in [3.05, 3.63) is 35.9 Å². The van der Waals surface area contributed by atoms with Gasteiger partial charge in [-0.1, -0.05) is 44.2 Å². The summed E-state index contributed by atoms with van der Waals surface area (Å²) in [7, 11) is 2.11. The molecule has 0 aliphatic heterocycles. The van der Waals surface area contributed by atoms with Gasteiger partial charge in [0.05, 0.1) is 6.42 Å². The summed E-state index contributed by atoms with van der Waals surface area (Å²) in [5.74, 6) is -0.188. The molecular formula is C20H31N3O2. The van der Waals surface area contributed by atoms with Gasteiger partial charge in [0, 0.05) is 18.6 Å². The average Bonchev–Trinajstić information content (AvgIpc) is 3.42. The van der Waals surface area contributed by atoms with Crippen molar-refractivity contribution in [2.24, 2.45) is 5.92 Å². The molecule has 0 unspecified atom stereocenters. The first-order valence-electron chi connectivity index (χ1n) is 9.21. The quantitative estimate of drug-likeness (QED) is 0.719. The Hall–Kier alpha value is -1.88. The molecule has 1 aliphatic carbocycles. The molecule has 1 aromatic rings. The Labute approximate surface area is 151 Å². The predicted octanol–water partition coefficient (Wildman–Crippen LogP) is 1.97. The van der Waals surface area contributed by atoms with Gasteiger partial charge in [-0.3, -0.25) is 14.5 Å². The molecule has 5 nitrogen and oxygen atoms in total. The zero-order valence-corrected chi connectivity index (χ0v) is 15.8. The van der Waals surface area contributed by atoms with Gasteiger partial charge in [-0.15, -0.1) is 0 Å². The van der Waals surface area contributed by atoms with Crippen LogP contribution < -0.4 is 10.6 Å². The fraction of sp³-hybridized carbons (Fsp3) is 0.600. The highest BCUT2D eigenvalue weighted by Gasteiger charge is 2.30. The van der Waals surface area contributed by atoms with Gasteiger partial charge in [-0.05, 0) is 38.3 Å². The largest absolute Gasteiger partial charge is 0.353 e. The Morgan fingerprint density at radius 2 is 1.80 bits per heavy atom. The lowest BCUT2D eigenvalue weighted by atomic mass is 10.0. The number of hydrogen-bond acceptors (Lipinski definition) is 3. The van der Waals surface area contributed by atoms with Crippen molar-refractivity contribution in [3.8, 4) is 0 Å². The summed E-state index contributed by atoms with van der Waals surface area (Å²) >= 11 is 0. The average molecular weight is 345 g/mol. The third-order valence-electron chi connectivity index (χ3n) is 4.86. The van der Waals surface area contributed by atoms with Crippen LogP contribution in [0.2, 0.25) is 0 Å². The van der Waals surface area contributed by atoms with Crippen molar-refractivity contribution in [3.63, 3.8) is 0 Å². The highest BCUT2D eigenvalue weighted by Crippen LogP contribution is 2.26. The van der Waals surface area contributed by atoms with E-state index in [0.29, 0.717) is 18.6 Å². The Balaban J connectivity index is 1.83. The lowest BCUT2D eigenvalue weighted by Gasteiger charge is -2.27. The van der Waals surface area contributed by atoms with Crippen LogP contribution in [-0.4, -0.2) is 48.4 Å². The normalized spacial score (nSPS) is 16.6. The van der Waals surface area contributed by atoms with Crippen LogP contribution in [0, 0.1) is 5.92 Å². The van der Waals surface area contributed by atoms with E-state index in [9.17, 15) is 9.59 Å². The molecule has 1 fully saturated rings. The Kier molecular flexibility index (Phi) is 7.00. The molecule has 1 saturated carbocycles. The molecule has 5 heteroatoms. The van der Waals surface area contributed by atoms with Gasteiger partial charge in [-0.2, -0.15) is 0 Å². The van der Waals surface area contributed by atoms with Gasteiger partial charge >= 0.3 is 0 Å². The monoisotopic (exact) mass is 345 g/mol. The molecule has 0 radical (unpaired) electrons. The second-order valence-corrected chi connectivity index (χ2v) is 7.44. The number of likely N-dealkylation sites (N-methyl/N-ethyl adjacent to an activating group) is 1. The van der Waals surface area contributed by atoms with Crippen molar-refractivity contribution < 1.29 is 9.59 Å². The Morgan fingerprint density at radius 1 is 1.16 bits per heavy atom. The van der Waals surface area contributed by atoms with E-state index in [4.69, 9.17) is 0 Å². The fourth-order valence-electron chi connectivity index (χ4n) is 2.88. The maximum Gasteiger partial charge on any atom is 0.242 e. The zero-order chi connectivity index (χ0) is 18.4. The summed E-state index contributed by atoms with van der Waals surface area (Å²) < 4.78 is 0. The van der Waals surface area contributed by atoms with E-state index in [1.807, 2.05) is 44.2 Å². The Morgan fingerprint density at radius 3 is 2.36 bits per heavy atom. The zero-order valence-electron chi connectivity index (χ0n) is 15.8. The second kappa shape index (κ2) is 8.99. The van der Waals surface area contributed by atoms with Crippen molar-refractivity contribution in [2.75, 3.05) is 13.6 Å². The van der Waals surface area contributed by atoms with Gasteiger partial charge in [0.15, 0.2) is 0 Å². The third kappa shape index (κ3) is 6.16.